The molecular weight excluding hydrogens is 258 g/mol. The fraction of sp³-hybridized carbons (Fsp3) is 0.533. The Morgan fingerprint density at radius 1 is 1.37 bits per heavy atom. The summed E-state index contributed by atoms with van der Waals surface area (Å²) in [5, 5.41) is 1.96. The van der Waals surface area contributed by atoms with Gasteiger partial charge in [-0.05, 0) is 38.7 Å². The minimum absolute atomic E-state index is 0.00451. The van der Waals surface area contributed by atoms with E-state index in [-0.39, 0.29) is 11.7 Å². The Labute approximate surface area is 119 Å². The Morgan fingerprint density at radius 2 is 2.05 bits per heavy atom. The number of thioether (sulfide) groups is 1. The molecule has 1 unspecified atom stereocenters. The van der Waals surface area contributed by atoms with E-state index < -0.39 is 0 Å². The maximum Gasteiger partial charge on any atom is 0.168 e. The van der Waals surface area contributed by atoms with Crippen molar-refractivity contribution in [3.63, 3.8) is 0 Å². The highest BCUT2D eigenvalue weighted by atomic mass is 32.2. The van der Waals surface area contributed by atoms with Crippen LogP contribution < -0.4 is 0 Å². The molecule has 1 aromatic rings. The number of benzene rings is 1. The molecule has 0 aromatic heterocycles. The molecule has 0 N–H and O–H groups in total. The molecule has 1 saturated heterocycles. The lowest BCUT2D eigenvalue weighted by Crippen LogP contribution is -2.41. The summed E-state index contributed by atoms with van der Waals surface area (Å²) < 4.78 is 0. The number of Topliss-reactive ketones (excluding diaryl/α,β-unsaturated/α-hetero) is 1. The van der Waals surface area contributed by atoms with Crippen molar-refractivity contribution < 1.29 is 9.63 Å². The quantitative estimate of drug-likeness (QED) is 0.625. The van der Waals surface area contributed by atoms with Gasteiger partial charge in [0, 0.05) is 29.0 Å². The second kappa shape index (κ2) is 6.55. The smallest absolute Gasteiger partial charge is 0.168 e. The van der Waals surface area contributed by atoms with Crippen molar-refractivity contribution in [2.75, 3.05) is 19.4 Å². The molecule has 1 heterocycles. The molecule has 19 heavy (non-hydrogen) atoms. The van der Waals surface area contributed by atoms with E-state index >= 15 is 0 Å². The number of ketones is 1. The van der Waals surface area contributed by atoms with Gasteiger partial charge in [-0.3, -0.25) is 9.63 Å². The molecule has 2 rings (SSSR count). The van der Waals surface area contributed by atoms with Crippen molar-refractivity contribution in [2.24, 2.45) is 5.92 Å². The third-order valence-electron chi connectivity index (χ3n) is 3.46. The summed E-state index contributed by atoms with van der Waals surface area (Å²) in [6, 6.07) is 8.22. The maximum atomic E-state index is 12.4. The highest BCUT2D eigenvalue weighted by Crippen LogP contribution is 2.22. The third-order valence-corrected chi connectivity index (χ3v) is 4.20. The van der Waals surface area contributed by atoms with Crippen LogP contribution in [0.1, 0.15) is 30.6 Å². The third kappa shape index (κ3) is 3.59. The summed E-state index contributed by atoms with van der Waals surface area (Å²) in [4.78, 5) is 19.2. The Kier molecular flexibility index (Phi) is 5.02. The van der Waals surface area contributed by atoms with Gasteiger partial charge in [-0.15, -0.1) is 11.8 Å². The molecule has 0 amide bonds. The molecule has 1 fully saturated rings. The molecule has 104 valence electrons. The molecule has 1 atom stereocenters. The van der Waals surface area contributed by atoms with Gasteiger partial charge in [0.05, 0.1) is 6.61 Å². The van der Waals surface area contributed by atoms with Crippen LogP contribution >= 0.6 is 11.8 Å². The molecule has 0 aliphatic carbocycles. The molecule has 3 nitrogen and oxygen atoms in total. The van der Waals surface area contributed by atoms with Crippen molar-refractivity contribution in [3.8, 4) is 0 Å². The average Bonchev–Trinajstić information content (AvgIpc) is 2.46. The number of hydrogen-bond donors (Lipinski definition) is 0. The van der Waals surface area contributed by atoms with E-state index in [0.29, 0.717) is 12.6 Å². The fourth-order valence-electron chi connectivity index (χ4n) is 2.22. The molecule has 1 aliphatic heterocycles. The molecule has 4 heteroatoms. The van der Waals surface area contributed by atoms with Gasteiger partial charge in [0.15, 0.2) is 5.78 Å². The first-order valence-electron chi connectivity index (χ1n) is 6.69. The van der Waals surface area contributed by atoms with Gasteiger partial charge in [-0.2, -0.15) is 5.06 Å². The highest BCUT2D eigenvalue weighted by Gasteiger charge is 2.27. The van der Waals surface area contributed by atoms with E-state index in [9.17, 15) is 4.79 Å². The average molecular weight is 279 g/mol. The van der Waals surface area contributed by atoms with Gasteiger partial charge in [0.25, 0.3) is 0 Å². The van der Waals surface area contributed by atoms with Crippen molar-refractivity contribution in [1.82, 2.24) is 5.06 Å². The van der Waals surface area contributed by atoms with Crippen molar-refractivity contribution >= 4 is 17.5 Å². The van der Waals surface area contributed by atoms with Crippen molar-refractivity contribution in [3.05, 3.63) is 29.8 Å². The first kappa shape index (κ1) is 14.6. The van der Waals surface area contributed by atoms with Gasteiger partial charge in [-0.25, -0.2) is 0 Å². The summed E-state index contributed by atoms with van der Waals surface area (Å²) in [5.74, 6) is 0.200. The Balaban J connectivity index is 1.97. The number of nitrogens with zero attached hydrogens (tertiary/aromatic N) is 1. The number of hydroxylamine groups is 2. The van der Waals surface area contributed by atoms with E-state index in [1.54, 1.807) is 11.8 Å². The largest absolute Gasteiger partial charge is 0.298 e. The lowest BCUT2D eigenvalue weighted by atomic mass is 9.94. The molecule has 0 radical (unpaired) electrons. The first-order chi connectivity index (χ1) is 9.11. The molecule has 1 aliphatic rings. The Bertz CT molecular complexity index is 422. The number of rotatable bonds is 4. The van der Waals surface area contributed by atoms with E-state index in [0.717, 1.165) is 18.5 Å². The summed E-state index contributed by atoms with van der Waals surface area (Å²) in [5.41, 5.74) is 0.796. The monoisotopic (exact) mass is 279 g/mol. The number of carbonyl (C=O) groups excluding carboxylic acids is 1. The topological polar surface area (TPSA) is 29.5 Å². The van der Waals surface area contributed by atoms with Gasteiger partial charge in [-0.1, -0.05) is 12.1 Å². The van der Waals surface area contributed by atoms with Crippen LogP contribution in [0, 0.1) is 5.92 Å². The van der Waals surface area contributed by atoms with Crippen LogP contribution in [0.4, 0.5) is 0 Å². The zero-order valence-corrected chi connectivity index (χ0v) is 12.6. The van der Waals surface area contributed by atoms with Gasteiger partial charge < -0.3 is 0 Å². The van der Waals surface area contributed by atoms with Gasteiger partial charge >= 0.3 is 0 Å². The normalized spacial score (nSPS) is 20.7. The summed E-state index contributed by atoms with van der Waals surface area (Å²) >= 11 is 1.69. The molecule has 0 saturated carbocycles. The van der Waals surface area contributed by atoms with Crippen LogP contribution in [0.25, 0.3) is 0 Å². The predicted octanol–water partition coefficient (Wildman–Crippen LogP) is 3.25. The minimum atomic E-state index is -0.00451. The summed E-state index contributed by atoms with van der Waals surface area (Å²) in [6.45, 7) is 5.53. The number of hydrogen-bond acceptors (Lipinski definition) is 4. The Morgan fingerprint density at radius 3 is 2.53 bits per heavy atom. The van der Waals surface area contributed by atoms with Crippen LogP contribution in [-0.2, 0) is 4.84 Å². The van der Waals surface area contributed by atoms with Gasteiger partial charge in [0.1, 0.15) is 0 Å². The second-order valence-corrected chi connectivity index (χ2v) is 5.99. The van der Waals surface area contributed by atoms with Crippen LogP contribution in [0.15, 0.2) is 29.2 Å². The van der Waals surface area contributed by atoms with Crippen molar-refractivity contribution in [1.29, 1.82) is 0 Å². The molecular formula is C15H21NO2S. The maximum absolute atomic E-state index is 12.4. The lowest BCUT2D eigenvalue weighted by Gasteiger charge is -2.33. The standard InChI is InChI=1S/C15H21NO2S/c1-11(2)16-9-8-13(10-18-16)15(17)12-4-6-14(19-3)7-5-12/h4-7,11,13H,8-10H2,1-3H3. The number of carbonyl (C=O) groups is 1. The summed E-state index contributed by atoms with van der Waals surface area (Å²) in [6.07, 6.45) is 2.91. The summed E-state index contributed by atoms with van der Waals surface area (Å²) in [7, 11) is 0. The predicted molar refractivity (Wildman–Crippen MR) is 78.5 cm³/mol. The van der Waals surface area contributed by atoms with Crippen LogP contribution in [0.3, 0.4) is 0 Å². The van der Waals surface area contributed by atoms with Gasteiger partial charge in [0.2, 0.25) is 0 Å². The zero-order chi connectivity index (χ0) is 13.8. The van der Waals surface area contributed by atoms with Crippen LogP contribution in [0.2, 0.25) is 0 Å². The molecule has 0 bridgehead atoms. The van der Waals surface area contributed by atoms with Crippen LogP contribution in [-0.4, -0.2) is 36.3 Å². The highest BCUT2D eigenvalue weighted by molar-refractivity contribution is 7.98. The van der Waals surface area contributed by atoms with E-state index in [4.69, 9.17) is 4.84 Å². The fourth-order valence-corrected chi connectivity index (χ4v) is 2.63. The molecule has 0 spiro atoms. The minimum Gasteiger partial charge on any atom is -0.298 e. The SMILES string of the molecule is CSc1ccc(C(=O)C2CCN(C(C)C)OC2)cc1. The van der Waals surface area contributed by atoms with Crippen LogP contribution in [0.5, 0.6) is 0 Å². The zero-order valence-electron chi connectivity index (χ0n) is 11.8. The van der Waals surface area contributed by atoms with E-state index in [2.05, 4.69) is 13.8 Å². The van der Waals surface area contributed by atoms with E-state index in [1.807, 2.05) is 35.6 Å². The lowest BCUT2D eigenvalue weighted by molar-refractivity contribution is -0.208. The van der Waals surface area contributed by atoms with Crippen molar-refractivity contribution in [2.45, 2.75) is 31.2 Å². The van der Waals surface area contributed by atoms with E-state index in [1.165, 1.54) is 4.90 Å². The first-order valence-corrected chi connectivity index (χ1v) is 7.92. The second-order valence-electron chi connectivity index (χ2n) is 5.11. The molecule has 1 aromatic carbocycles. The Hall–Kier alpha value is -0.840.